The molecule has 0 spiro atoms. The molecule has 208 valence electrons. The molecule has 4 bridgehead atoms. The third kappa shape index (κ3) is 5.77. The predicted octanol–water partition coefficient (Wildman–Crippen LogP) is 5.43. The van der Waals surface area contributed by atoms with Crippen molar-refractivity contribution in [2.24, 2.45) is 29.1 Å². The van der Waals surface area contributed by atoms with E-state index in [1.165, 1.54) is 55.4 Å². The van der Waals surface area contributed by atoms with Crippen LogP contribution in [0.25, 0.3) is 0 Å². The van der Waals surface area contributed by atoms with E-state index in [0.29, 0.717) is 53.9 Å². The van der Waals surface area contributed by atoms with Crippen LogP contribution < -0.4 is 16.0 Å². The molecule has 8 heteroatoms. The van der Waals surface area contributed by atoms with Gasteiger partial charge >= 0.3 is 0 Å². The van der Waals surface area contributed by atoms with Crippen molar-refractivity contribution in [3.8, 4) is 6.07 Å². The lowest BCUT2D eigenvalue weighted by Gasteiger charge is -2.61. The number of rotatable bonds is 10. The molecule has 1 aromatic carbocycles. The quantitative estimate of drug-likeness (QED) is 0.292. The monoisotopic (exact) mass is 546 g/mol. The highest BCUT2D eigenvalue weighted by atomic mass is 32.2. The van der Waals surface area contributed by atoms with Gasteiger partial charge in [0.25, 0.3) is 0 Å². The molecule has 5 atom stereocenters. The largest absolute Gasteiger partial charge is 0.396 e. The Morgan fingerprint density at radius 3 is 2.56 bits per heavy atom. The minimum atomic E-state index is 0.297. The van der Waals surface area contributed by atoms with Crippen LogP contribution in [0, 0.1) is 40.4 Å². The van der Waals surface area contributed by atoms with Crippen LogP contribution in [0.5, 0.6) is 0 Å². The standard InChI is InChI=1S/C31H42N6OS/c1-39-27-5-3-2-4-22(27)16-33-30-34-17-25(15-32)29(37-30)35-19-31-12-21-10-23(13-31)28(24(11-21)14-31)36-26-8-6-20(18-38)7-9-26/h2-5,17,20-21,23-24,26,28,36,38H,6-14,16,18-19H2,1H3,(H2,33,34,35,37)/t20-,21?,23-,24+,26-,28?,31-. The zero-order chi connectivity index (χ0) is 26.8. The minimum absolute atomic E-state index is 0.297. The first-order valence-electron chi connectivity index (χ1n) is 14.8. The number of nitrogens with one attached hydrogen (secondary N) is 3. The van der Waals surface area contributed by atoms with Gasteiger partial charge in [-0.15, -0.1) is 11.8 Å². The lowest BCUT2D eigenvalue weighted by atomic mass is 9.47. The molecule has 39 heavy (non-hydrogen) atoms. The van der Waals surface area contributed by atoms with Gasteiger partial charge in [-0.1, -0.05) is 18.2 Å². The number of anilines is 2. The Morgan fingerprint density at radius 1 is 1.08 bits per heavy atom. The molecule has 7 nitrogen and oxygen atoms in total. The van der Waals surface area contributed by atoms with E-state index in [4.69, 9.17) is 4.98 Å². The summed E-state index contributed by atoms with van der Waals surface area (Å²) in [5, 5.41) is 30.4. The lowest BCUT2D eigenvalue weighted by molar-refractivity contribution is -0.0733. The van der Waals surface area contributed by atoms with Gasteiger partial charge in [0, 0.05) is 36.7 Å². The Kier molecular flexibility index (Phi) is 8.02. The first-order chi connectivity index (χ1) is 19.1. The number of nitrogens with zero attached hydrogens (tertiary/aromatic N) is 3. The summed E-state index contributed by atoms with van der Waals surface area (Å²) in [6, 6.07) is 11.9. The van der Waals surface area contributed by atoms with Gasteiger partial charge in [-0.2, -0.15) is 10.2 Å². The number of thioether (sulfide) groups is 1. The summed E-state index contributed by atoms with van der Waals surface area (Å²) in [5.41, 5.74) is 2.02. The van der Waals surface area contributed by atoms with Crippen LogP contribution in [0.4, 0.5) is 11.8 Å². The third-order valence-corrected chi connectivity index (χ3v) is 10.9. The van der Waals surface area contributed by atoms with Gasteiger partial charge in [-0.25, -0.2) is 4.98 Å². The Hall–Kier alpha value is -2.34. The Balaban J connectivity index is 1.09. The van der Waals surface area contributed by atoms with E-state index < -0.39 is 0 Å². The summed E-state index contributed by atoms with van der Waals surface area (Å²) in [5.74, 6) is 4.06. The van der Waals surface area contributed by atoms with E-state index in [0.717, 1.165) is 37.1 Å². The highest BCUT2D eigenvalue weighted by Gasteiger charge is 2.55. The zero-order valence-electron chi connectivity index (χ0n) is 23.0. The molecule has 0 amide bonds. The molecule has 1 heterocycles. The minimum Gasteiger partial charge on any atom is -0.396 e. The second-order valence-corrected chi connectivity index (χ2v) is 13.5. The smallest absolute Gasteiger partial charge is 0.224 e. The van der Waals surface area contributed by atoms with Crippen molar-refractivity contribution in [1.82, 2.24) is 15.3 Å². The summed E-state index contributed by atoms with van der Waals surface area (Å²) in [6.07, 6.45) is 15.0. The van der Waals surface area contributed by atoms with Crippen molar-refractivity contribution in [2.45, 2.75) is 81.3 Å². The third-order valence-electron chi connectivity index (χ3n) is 10.1. The number of hydrogen-bond acceptors (Lipinski definition) is 8. The van der Waals surface area contributed by atoms with Crippen LogP contribution in [0.1, 0.15) is 68.9 Å². The number of aliphatic hydroxyl groups is 1. The van der Waals surface area contributed by atoms with Crippen molar-refractivity contribution in [3.63, 3.8) is 0 Å². The summed E-state index contributed by atoms with van der Waals surface area (Å²) in [7, 11) is 0. The lowest BCUT2D eigenvalue weighted by Crippen LogP contribution is -2.61. The molecule has 2 aromatic rings. The van der Waals surface area contributed by atoms with Gasteiger partial charge in [0.2, 0.25) is 5.95 Å². The molecule has 5 aliphatic carbocycles. The summed E-state index contributed by atoms with van der Waals surface area (Å²) < 4.78 is 0. The number of hydrogen-bond donors (Lipinski definition) is 4. The van der Waals surface area contributed by atoms with Crippen LogP contribution in [-0.4, -0.2) is 46.6 Å². The molecule has 0 saturated heterocycles. The first-order valence-corrected chi connectivity index (χ1v) is 16.0. The molecular formula is C31H42N6OS. The molecule has 5 saturated carbocycles. The van der Waals surface area contributed by atoms with Crippen LogP contribution >= 0.6 is 11.8 Å². The fraction of sp³-hybridized carbons (Fsp3) is 0.645. The van der Waals surface area contributed by atoms with Crippen molar-refractivity contribution >= 4 is 23.5 Å². The van der Waals surface area contributed by atoms with Crippen molar-refractivity contribution in [3.05, 3.63) is 41.6 Å². The van der Waals surface area contributed by atoms with Gasteiger partial charge in [-0.3, -0.25) is 0 Å². The Bertz CT molecular complexity index is 1180. The maximum atomic E-state index is 9.75. The second-order valence-electron chi connectivity index (χ2n) is 12.6. The van der Waals surface area contributed by atoms with Crippen molar-refractivity contribution in [2.75, 3.05) is 30.0 Å². The summed E-state index contributed by atoms with van der Waals surface area (Å²) in [6.45, 7) is 1.88. The fourth-order valence-electron chi connectivity index (χ4n) is 8.44. The molecule has 7 rings (SSSR count). The molecule has 0 aliphatic heterocycles. The maximum absolute atomic E-state index is 9.75. The number of aromatic nitrogens is 2. The molecule has 5 fully saturated rings. The van der Waals surface area contributed by atoms with Gasteiger partial charge in [0.05, 0.1) is 6.20 Å². The van der Waals surface area contributed by atoms with Gasteiger partial charge in [0.15, 0.2) is 0 Å². The van der Waals surface area contributed by atoms with E-state index in [2.05, 4.69) is 57.5 Å². The normalized spacial score (nSPS) is 33.1. The second kappa shape index (κ2) is 11.6. The van der Waals surface area contributed by atoms with E-state index >= 15 is 0 Å². The molecular weight excluding hydrogens is 504 g/mol. The average molecular weight is 547 g/mol. The number of aliphatic hydroxyl groups excluding tert-OH is 1. The maximum Gasteiger partial charge on any atom is 0.224 e. The van der Waals surface area contributed by atoms with E-state index in [-0.39, 0.29) is 0 Å². The molecule has 1 aromatic heterocycles. The number of benzene rings is 1. The number of nitriles is 1. The highest BCUT2D eigenvalue weighted by Crippen LogP contribution is 2.60. The fourth-order valence-corrected chi connectivity index (χ4v) is 9.06. The molecule has 0 radical (unpaired) electrons. The highest BCUT2D eigenvalue weighted by molar-refractivity contribution is 7.98. The Labute approximate surface area is 237 Å². The van der Waals surface area contributed by atoms with E-state index in [1.54, 1.807) is 18.0 Å². The van der Waals surface area contributed by atoms with Crippen LogP contribution in [0.2, 0.25) is 0 Å². The van der Waals surface area contributed by atoms with Crippen LogP contribution in [-0.2, 0) is 6.54 Å². The summed E-state index contributed by atoms with van der Waals surface area (Å²) >= 11 is 1.74. The van der Waals surface area contributed by atoms with Crippen LogP contribution in [0.15, 0.2) is 35.4 Å². The van der Waals surface area contributed by atoms with Crippen molar-refractivity contribution in [1.29, 1.82) is 5.26 Å². The zero-order valence-corrected chi connectivity index (χ0v) is 23.8. The molecule has 2 unspecified atom stereocenters. The Morgan fingerprint density at radius 2 is 1.85 bits per heavy atom. The summed E-state index contributed by atoms with van der Waals surface area (Å²) in [4.78, 5) is 10.4. The average Bonchev–Trinajstić information content (AvgIpc) is 2.97. The van der Waals surface area contributed by atoms with E-state index in [9.17, 15) is 10.4 Å². The topological polar surface area (TPSA) is 106 Å². The molecule has 4 N–H and O–H groups in total. The van der Waals surface area contributed by atoms with Gasteiger partial charge in [-0.05, 0) is 105 Å². The van der Waals surface area contributed by atoms with Gasteiger partial charge < -0.3 is 21.1 Å². The van der Waals surface area contributed by atoms with Crippen molar-refractivity contribution < 1.29 is 5.11 Å². The first kappa shape index (κ1) is 26.9. The molecule has 5 aliphatic rings. The predicted molar refractivity (Wildman–Crippen MR) is 157 cm³/mol. The SMILES string of the molecule is CSc1ccccc1CNc1ncc(C#N)c(NC[C@]23CC4C[C@H](C2)C(N[C@H]2CC[C@H](CO)CC2)[C@@H](C4)C3)n1. The van der Waals surface area contributed by atoms with Crippen LogP contribution in [0.3, 0.4) is 0 Å². The van der Waals surface area contributed by atoms with E-state index in [1.807, 2.05) is 0 Å². The van der Waals surface area contributed by atoms with Gasteiger partial charge in [0.1, 0.15) is 17.5 Å².